The van der Waals surface area contributed by atoms with Crippen LogP contribution in [0.5, 0.6) is 0 Å². The molecule has 3 aromatic carbocycles. The fourth-order valence-corrected chi connectivity index (χ4v) is 3.86. The molecule has 1 N–H and O–H groups in total. The molecular formula is C25H23FN2O2. The molecule has 152 valence electrons. The SMILES string of the molecule is Cc1ccc(C(=O)N2CCc3ccccc3[C@@H]2C(=O)NCc2cccc(F)c2)cc1. The second kappa shape index (κ2) is 8.49. The Kier molecular flexibility index (Phi) is 5.61. The Morgan fingerprint density at radius 2 is 1.80 bits per heavy atom. The van der Waals surface area contributed by atoms with Crippen molar-refractivity contribution in [2.45, 2.75) is 25.9 Å². The van der Waals surface area contributed by atoms with Crippen molar-refractivity contribution < 1.29 is 14.0 Å². The molecule has 0 saturated carbocycles. The standard InChI is InChI=1S/C25H23FN2O2/c1-17-9-11-20(12-10-17)25(30)28-14-13-19-6-2-3-8-22(19)23(28)24(29)27-16-18-5-4-7-21(26)15-18/h2-12,15,23H,13-14,16H2,1H3,(H,27,29)/t23-/m1/s1. The molecule has 0 bridgehead atoms. The molecule has 1 atom stereocenters. The molecule has 5 heteroatoms. The van der Waals surface area contributed by atoms with Crippen LogP contribution < -0.4 is 5.32 Å². The monoisotopic (exact) mass is 402 g/mol. The first-order chi connectivity index (χ1) is 14.5. The maximum absolute atomic E-state index is 13.5. The van der Waals surface area contributed by atoms with E-state index < -0.39 is 6.04 Å². The van der Waals surface area contributed by atoms with Crippen LogP contribution in [0.3, 0.4) is 0 Å². The molecule has 4 nitrogen and oxygen atoms in total. The van der Waals surface area contributed by atoms with E-state index in [0.29, 0.717) is 24.1 Å². The van der Waals surface area contributed by atoms with Gasteiger partial charge in [-0.2, -0.15) is 0 Å². The Labute approximate surface area is 175 Å². The van der Waals surface area contributed by atoms with Crippen LogP contribution in [-0.4, -0.2) is 23.3 Å². The maximum atomic E-state index is 13.5. The van der Waals surface area contributed by atoms with Gasteiger partial charge in [-0.3, -0.25) is 9.59 Å². The van der Waals surface area contributed by atoms with Gasteiger partial charge in [0.1, 0.15) is 11.9 Å². The van der Waals surface area contributed by atoms with Crippen LogP contribution in [0.15, 0.2) is 72.8 Å². The van der Waals surface area contributed by atoms with E-state index in [4.69, 9.17) is 0 Å². The Balaban J connectivity index is 1.61. The topological polar surface area (TPSA) is 49.4 Å². The summed E-state index contributed by atoms with van der Waals surface area (Å²) in [7, 11) is 0. The highest BCUT2D eigenvalue weighted by atomic mass is 19.1. The molecule has 1 aliphatic rings. The zero-order chi connectivity index (χ0) is 21.1. The fourth-order valence-electron chi connectivity index (χ4n) is 3.86. The van der Waals surface area contributed by atoms with E-state index in [0.717, 1.165) is 16.7 Å². The number of hydrogen-bond acceptors (Lipinski definition) is 2. The van der Waals surface area contributed by atoms with Crippen molar-refractivity contribution in [2.24, 2.45) is 0 Å². The minimum Gasteiger partial charge on any atom is -0.350 e. The molecule has 1 aliphatic heterocycles. The maximum Gasteiger partial charge on any atom is 0.254 e. The van der Waals surface area contributed by atoms with Gasteiger partial charge in [0.25, 0.3) is 5.91 Å². The highest BCUT2D eigenvalue weighted by Gasteiger charge is 2.36. The van der Waals surface area contributed by atoms with Crippen LogP contribution in [-0.2, 0) is 17.8 Å². The molecule has 0 aliphatic carbocycles. The van der Waals surface area contributed by atoms with Crippen LogP contribution in [0.2, 0.25) is 0 Å². The van der Waals surface area contributed by atoms with Gasteiger partial charge in [0.2, 0.25) is 5.91 Å². The lowest BCUT2D eigenvalue weighted by molar-refractivity contribution is -0.126. The van der Waals surface area contributed by atoms with E-state index in [1.54, 1.807) is 29.2 Å². The van der Waals surface area contributed by atoms with E-state index in [1.165, 1.54) is 12.1 Å². The van der Waals surface area contributed by atoms with Crippen molar-refractivity contribution in [2.75, 3.05) is 6.54 Å². The average molecular weight is 402 g/mol. The van der Waals surface area contributed by atoms with Gasteiger partial charge in [-0.15, -0.1) is 0 Å². The van der Waals surface area contributed by atoms with Crippen molar-refractivity contribution >= 4 is 11.8 Å². The molecule has 0 radical (unpaired) electrons. The number of aryl methyl sites for hydroxylation is 1. The Morgan fingerprint density at radius 3 is 2.57 bits per heavy atom. The van der Waals surface area contributed by atoms with Crippen LogP contribution in [0, 0.1) is 12.7 Å². The van der Waals surface area contributed by atoms with Gasteiger partial charge in [-0.1, -0.05) is 54.1 Å². The quantitative estimate of drug-likeness (QED) is 0.711. The predicted molar refractivity (Wildman–Crippen MR) is 113 cm³/mol. The van der Waals surface area contributed by atoms with Gasteiger partial charge >= 0.3 is 0 Å². The summed E-state index contributed by atoms with van der Waals surface area (Å²) < 4.78 is 13.5. The number of rotatable bonds is 4. The molecule has 0 aromatic heterocycles. The van der Waals surface area contributed by atoms with Crippen molar-refractivity contribution in [3.05, 3.63) is 106 Å². The number of carbonyl (C=O) groups excluding carboxylic acids is 2. The number of nitrogens with one attached hydrogen (secondary N) is 1. The van der Waals surface area contributed by atoms with E-state index in [2.05, 4.69) is 5.32 Å². The molecule has 0 unspecified atom stereocenters. The first-order valence-corrected chi connectivity index (χ1v) is 10.0. The molecule has 2 amide bonds. The predicted octanol–water partition coefficient (Wildman–Crippen LogP) is 4.19. The summed E-state index contributed by atoms with van der Waals surface area (Å²) in [4.78, 5) is 28.1. The summed E-state index contributed by atoms with van der Waals surface area (Å²) in [6.45, 7) is 2.62. The summed E-state index contributed by atoms with van der Waals surface area (Å²) in [5, 5.41) is 2.88. The van der Waals surface area contributed by atoms with Gasteiger partial charge in [0.05, 0.1) is 0 Å². The third-order valence-corrected chi connectivity index (χ3v) is 5.45. The van der Waals surface area contributed by atoms with Crippen LogP contribution >= 0.6 is 0 Å². The molecule has 0 saturated heterocycles. The van der Waals surface area contributed by atoms with E-state index in [1.807, 2.05) is 43.3 Å². The fraction of sp³-hybridized carbons (Fsp3) is 0.200. The zero-order valence-electron chi connectivity index (χ0n) is 16.8. The smallest absolute Gasteiger partial charge is 0.254 e. The lowest BCUT2D eigenvalue weighted by Crippen LogP contribution is -2.47. The summed E-state index contributed by atoms with van der Waals surface area (Å²) in [6, 6.07) is 20.5. The number of halogens is 1. The minimum atomic E-state index is -0.725. The number of nitrogens with zero attached hydrogens (tertiary/aromatic N) is 1. The van der Waals surface area contributed by atoms with Crippen molar-refractivity contribution in [1.29, 1.82) is 0 Å². The van der Waals surface area contributed by atoms with Gasteiger partial charge in [-0.05, 0) is 54.3 Å². The highest BCUT2D eigenvalue weighted by molar-refractivity contribution is 5.98. The molecule has 4 rings (SSSR count). The van der Waals surface area contributed by atoms with E-state index in [9.17, 15) is 14.0 Å². The first-order valence-electron chi connectivity index (χ1n) is 10.0. The lowest BCUT2D eigenvalue weighted by atomic mass is 9.91. The van der Waals surface area contributed by atoms with Crippen LogP contribution in [0.25, 0.3) is 0 Å². The molecule has 30 heavy (non-hydrogen) atoms. The van der Waals surface area contributed by atoms with Crippen molar-refractivity contribution in [3.63, 3.8) is 0 Å². The number of fused-ring (bicyclic) bond motifs is 1. The second-order valence-corrected chi connectivity index (χ2v) is 7.56. The molecule has 1 heterocycles. The number of benzene rings is 3. The van der Waals surface area contributed by atoms with E-state index in [-0.39, 0.29) is 24.2 Å². The van der Waals surface area contributed by atoms with E-state index >= 15 is 0 Å². The molecular weight excluding hydrogens is 379 g/mol. The van der Waals surface area contributed by atoms with Gasteiger partial charge in [0, 0.05) is 18.7 Å². The van der Waals surface area contributed by atoms with Gasteiger partial charge in [-0.25, -0.2) is 4.39 Å². The largest absolute Gasteiger partial charge is 0.350 e. The van der Waals surface area contributed by atoms with Gasteiger partial charge < -0.3 is 10.2 Å². The lowest BCUT2D eigenvalue weighted by Gasteiger charge is -2.36. The Bertz CT molecular complexity index is 1080. The first kappa shape index (κ1) is 19.8. The average Bonchev–Trinajstić information content (AvgIpc) is 2.77. The van der Waals surface area contributed by atoms with Crippen molar-refractivity contribution in [1.82, 2.24) is 10.2 Å². The molecule has 0 spiro atoms. The highest BCUT2D eigenvalue weighted by Crippen LogP contribution is 2.31. The normalized spacial score (nSPS) is 15.4. The second-order valence-electron chi connectivity index (χ2n) is 7.56. The Morgan fingerprint density at radius 1 is 1.03 bits per heavy atom. The zero-order valence-corrected chi connectivity index (χ0v) is 16.8. The summed E-state index contributed by atoms with van der Waals surface area (Å²) in [5.41, 5.74) is 4.20. The molecule has 3 aromatic rings. The molecule has 0 fully saturated rings. The number of hydrogen-bond donors (Lipinski definition) is 1. The summed E-state index contributed by atoms with van der Waals surface area (Å²) in [6.07, 6.45) is 0.696. The number of carbonyl (C=O) groups is 2. The number of amides is 2. The summed E-state index contributed by atoms with van der Waals surface area (Å²) >= 11 is 0. The van der Waals surface area contributed by atoms with Crippen LogP contribution in [0.4, 0.5) is 4.39 Å². The summed E-state index contributed by atoms with van der Waals surface area (Å²) in [5.74, 6) is -0.789. The third-order valence-electron chi connectivity index (χ3n) is 5.45. The third kappa shape index (κ3) is 4.10. The van der Waals surface area contributed by atoms with Crippen LogP contribution in [0.1, 0.15) is 38.7 Å². The minimum absolute atomic E-state index is 0.171. The van der Waals surface area contributed by atoms with Crippen molar-refractivity contribution in [3.8, 4) is 0 Å². The Hall–Kier alpha value is -3.47. The van der Waals surface area contributed by atoms with Gasteiger partial charge in [0.15, 0.2) is 0 Å².